The van der Waals surface area contributed by atoms with Gasteiger partial charge < -0.3 is 24.8 Å². The van der Waals surface area contributed by atoms with Gasteiger partial charge >= 0.3 is 101 Å². The Bertz CT molecular complexity index is 1460. The third-order valence-corrected chi connectivity index (χ3v) is 22.2. The zero-order chi connectivity index (χ0) is 29.7. The van der Waals surface area contributed by atoms with Crippen LogP contribution in [-0.2, 0) is 34.1 Å². The van der Waals surface area contributed by atoms with E-state index in [1.165, 1.54) is 65.8 Å². The second-order valence-electron chi connectivity index (χ2n) is 10.5. The van der Waals surface area contributed by atoms with E-state index in [1.54, 1.807) is 8.79 Å². The minimum absolute atomic E-state index is 0. The number of rotatable bonds is 6. The molecule has 0 bridgehead atoms. The second-order valence-corrected chi connectivity index (χ2v) is 23.8. The molecular weight excluding hydrogens is 802 g/mol. The van der Waals surface area contributed by atoms with Crippen LogP contribution in [0.1, 0.15) is 62.8 Å². The summed E-state index contributed by atoms with van der Waals surface area (Å²) in [6.45, 7) is 8.63. The number of aryl methyl sites for hydroxylation is 2. The van der Waals surface area contributed by atoms with Gasteiger partial charge in [-0.15, -0.1) is 24.0 Å². The van der Waals surface area contributed by atoms with Crippen LogP contribution in [0, 0.1) is 12.2 Å². The number of allylic oxidation sites excluding steroid dienone is 8. The summed E-state index contributed by atoms with van der Waals surface area (Å²) in [5, 5.41) is 0. The summed E-state index contributed by atoms with van der Waals surface area (Å²) in [4.78, 5) is 0. The van der Waals surface area contributed by atoms with Crippen LogP contribution < -0.4 is 33.6 Å². The monoisotopic (exact) mass is 844 g/mol. The molecule has 2 aliphatic rings. The van der Waals surface area contributed by atoms with E-state index in [4.69, 9.17) is 0 Å². The normalized spacial score (nSPS) is 12.9. The Morgan fingerprint density at radius 1 is 0.545 bits per heavy atom. The molecule has 224 valence electrons. The van der Waals surface area contributed by atoms with E-state index < -0.39 is 10.1 Å². The molecular formula is C40H40Cl2GeHf-2. The molecule has 0 aromatic heterocycles. The van der Waals surface area contributed by atoms with Crippen LogP contribution in [0.15, 0.2) is 132 Å². The van der Waals surface area contributed by atoms with Gasteiger partial charge in [0.15, 0.2) is 0 Å². The summed E-state index contributed by atoms with van der Waals surface area (Å²) < 4.78 is 3.20. The molecule has 0 spiro atoms. The van der Waals surface area contributed by atoms with Crippen LogP contribution in [0.25, 0.3) is 11.1 Å². The number of benzene rings is 4. The van der Waals surface area contributed by atoms with E-state index in [2.05, 4.69) is 161 Å². The molecule has 0 radical (unpaired) electrons. The molecule has 2 aliphatic carbocycles. The quantitative estimate of drug-likeness (QED) is 0.207. The Hall–Kier alpha value is -2.17. The Morgan fingerprint density at radius 2 is 0.886 bits per heavy atom. The molecule has 4 heteroatoms. The summed E-state index contributed by atoms with van der Waals surface area (Å²) in [6, 6.07) is 39.6. The van der Waals surface area contributed by atoms with Gasteiger partial charge in [-0.05, 0) is 24.0 Å². The molecule has 4 aromatic rings. The van der Waals surface area contributed by atoms with Crippen molar-refractivity contribution in [1.29, 1.82) is 0 Å². The van der Waals surface area contributed by atoms with Crippen LogP contribution in [0.2, 0.25) is 0 Å². The van der Waals surface area contributed by atoms with Crippen molar-refractivity contribution in [3.8, 4) is 0 Å². The molecule has 0 nitrogen and oxygen atoms in total. The van der Waals surface area contributed by atoms with E-state index in [-0.39, 0.29) is 24.8 Å². The molecule has 0 unspecified atom stereocenters. The van der Waals surface area contributed by atoms with Gasteiger partial charge in [-0.2, -0.15) is 23.3 Å². The summed E-state index contributed by atoms with van der Waals surface area (Å²) >= 11 is 1.33. The molecule has 0 saturated carbocycles. The van der Waals surface area contributed by atoms with Crippen molar-refractivity contribution < 1.29 is 46.1 Å². The van der Waals surface area contributed by atoms with Crippen LogP contribution in [0.5, 0.6) is 0 Å². The Kier molecular flexibility index (Phi) is 17.3. The maximum atomic E-state index is 3.32. The summed E-state index contributed by atoms with van der Waals surface area (Å²) in [6.07, 6.45) is 15.3. The predicted octanol–water partition coefficient (Wildman–Crippen LogP) is 2.92. The van der Waals surface area contributed by atoms with Gasteiger partial charge in [-0.25, -0.2) is 11.1 Å². The minimum atomic E-state index is -1.06. The van der Waals surface area contributed by atoms with Crippen LogP contribution in [0.4, 0.5) is 0 Å². The molecule has 0 amide bonds. The first-order valence-corrected chi connectivity index (χ1v) is 27.4. The number of halogens is 2. The molecule has 0 N–H and O–H groups in total. The van der Waals surface area contributed by atoms with Crippen molar-refractivity contribution in [1.82, 2.24) is 0 Å². The summed E-state index contributed by atoms with van der Waals surface area (Å²) in [7, 11) is -1.06. The average molecular weight is 843 g/mol. The fourth-order valence-corrected chi connectivity index (χ4v) is 14.1. The van der Waals surface area contributed by atoms with E-state index in [9.17, 15) is 0 Å². The van der Waals surface area contributed by atoms with Gasteiger partial charge in [-0.1, -0.05) is 76.2 Å². The van der Waals surface area contributed by atoms with Crippen molar-refractivity contribution in [3.05, 3.63) is 167 Å². The molecule has 6 rings (SSSR count). The van der Waals surface area contributed by atoms with Gasteiger partial charge in [0.2, 0.25) is 0 Å². The fraction of sp³-hybridized carbons (Fsp3) is 0.200. The molecule has 0 atom stereocenters. The summed E-state index contributed by atoms with van der Waals surface area (Å²) in [5.41, 5.74) is 10.7. The first-order chi connectivity index (χ1) is 20.5. The van der Waals surface area contributed by atoms with Crippen LogP contribution in [0.3, 0.4) is 0 Å². The van der Waals surface area contributed by atoms with Gasteiger partial charge in [0.05, 0.1) is 0 Å². The summed E-state index contributed by atoms with van der Waals surface area (Å²) in [5.74, 6) is 0. The molecule has 4 aromatic carbocycles. The zero-order valence-electron chi connectivity index (χ0n) is 26.1. The van der Waals surface area contributed by atoms with E-state index in [1.807, 2.05) is 0 Å². The Labute approximate surface area is 294 Å². The van der Waals surface area contributed by atoms with E-state index >= 15 is 0 Å². The standard InChI is InChI=1S/2C14H15.C12H10Ge.2ClH.Hf/c2*1-3-12-7-9-13(10-8-12)14-6-4-5-11(14)2;1-3-7-11(8-4-1)13-12-9-5-2-6-10-12;;;/h2*6-10H,3-4H2,1-2H3;1-10H;2*1H;/q2*-1;;;;+2/p-2. The van der Waals surface area contributed by atoms with Crippen molar-refractivity contribution in [2.24, 2.45) is 0 Å². The maximum absolute atomic E-state index is 3.32. The predicted molar refractivity (Wildman–Crippen MR) is 180 cm³/mol. The number of hydrogen-bond donors (Lipinski definition) is 0. The molecule has 0 saturated heterocycles. The molecule has 0 aliphatic heterocycles. The fourth-order valence-electron chi connectivity index (χ4n) is 4.99. The van der Waals surface area contributed by atoms with Crippen molar-refractivity contribution in [2.45, 2.75) is 53.4 Å². The van der Waals surface area contributed by atoms with Crippen molar-refractivity contribution >= 4 is 30.0 Å². The molecule has 44 heavy (non-hydrogen) atoms. The third-order valence-electron chi connectivity index (χ3n) is 7.63. The Morgan fingerprint density at radius 3 is 1.16 bits per heavy atom. The van der Waals surface area contributed by atoms with Crippen molar-refractivity contribution in [2.75, 3.05) is 0 Å². The van der Waals surface area contributed by atoms with Gasteiger partial charge in [0.1, 0.15) is 0 Å². The molecule has 0 heterocycles. The topological polar surface area (TPSA) is 0 Å². The van der Waals surface area contributed by atoms with Gasteiger partial charge in [0, 0.05) is 0 Å². The zero-order valence-corrected chi connectivity index (χ0v) is 33.3. The molecule has 0 fully saturated rings. The van der Waals surface area contributed by atoms with Gasteiger partial charge in [0.25, 0.3) is 0 Å². The first-order valence-electron chi connectivity index (χ1n) is 14.9. The first kappa shape index (κ1) is 38.0. The van der Waals surface area contributed by atoms with Crippen molar-refractivity contribution in [3.63, 3.8) is 0 Å². The average Bonchev–Trinajstić information content (AvgIpc) is 3.70. The Balaban J connectivity index is 0.000000225. The van der Waals surface area contributed by atoms with Crippen LogP contribution >= 0.6 is 0 Å². The SMILES string of the molecule is CCc1ccc(C2=CC[C-]=C2C)cc1.CCc1ccc(C2=CC[C-]=C2C)cc1.[Cl-].[Cl-].[Hf+2]=[Ge]([c]1ccccc1)[c]1ccccc1. The third kappa shape index (κ3) is 11.0. The van der Waals surface area contributed by atoms with Gasteiger partial charge in [-0.3, -0.25) is 12.2 Å². The van der Waals surface area contributed by atoms with E-state index in [0.717, 1.165) is 25.7 Å². The number of hydrogen-bond acceptors (Lipinski definition) is 0. The van der Waals surface area contributed by atoms with E-state index in [0.29, 0.717) is 0 Å². The second kappa shape index (κ2) is 20.1. The van der Waals surface area contributed by atoms with Crippen LogP contribution in [-0.4, -0.2) is 10.1 Å².